The van der Waals surface area contributed by atoms with Gasteiger partial charge < -0.3 is 14.6 Å². The Bertz CT molecular complexity index is 449. The maximum Gasteiger partial charge on any atom is 0.128 e. The summed E-state index contributed by atoms with van der Waals surface area (Å²) in [5.41, 5.74) is 0.782. The topological polar surface area (TPSA) is 38.7 Å². The molecule has 2 heterocycles. The number of hydrogen-bond donors (Lipinski definition) is 1. The van der Waals surface area contributed by atoms with Gasteiger partial charge in [-0.15, -0.1) is 0 Å². The van der Waals surface area contributed by atoms with Crippen LogP contribution in [0.1, 0.15) is 37.9 Å². The average molecular weight is 269 g/mol. The molecule has 0 amide bonds. The summed E-state index contributed by atoms with van der Waals surface area (Å²) in [6, 6.07) is 5.38. The van der Waals surface area contributed by atoms with Crippen molar-refractivity contribution in [3.05, 3.63) is 28.8 Å². The summed E-state index contributed by atoms with van der Waals surface area (Å²) in [5, 5.41) is 10.8. The number of aliphatic hydroxyl groups excluding tert-OH is 1. The predicted molar refractivity (Wildman–Crippen MR) is 69.0 cm³/mol. The molecule has 0 radical (unpaired) electrons. The fraction of sp³-hybridized carbons (Fsp3) is 0.571. The number of aliphatic hydroxyl groups is 1. The molecule has 0 spiro atoms. The third-order valence-electron chi connectivity index (χ3n) is 3.74. The molecule has 4 atom stereocenters. The van der Waals surface area contributed by atoms with Crippen LogP contribution in [0.5, 0.6) is 5.75 Å². The van der Waals surface area contributed by atoms with Crippen molar-refractivity contribution >= 4 is 11.6 Å². The van der Waals surface area contributed by atoms with Crippen molar-refractivity contribution < 1.29 is 14.6 Å². The summed E-state index contributed by atoms with van der Waals surface area (Å²) in [6.07, 6.45) is 2.46. The second-order valence-electron chi connectivity index (χ2n) is 5.15. The molecule has 0 bridgehead atoms. The molecule has 98 valence electrons. The van der Waals surface area contributed by atoms with E-state index in [1.165, 1.54) is 0 Å². The normalized spacial score (nSPS) is 35.1. The smallest absolute Gasteiger partial charge is 0.128 e. The molecule has 18 heavy (non-hydrogen) atoms. The molecule has 0 aliphatic carbocycles. The van der Waals surface area contributed by atoms with E-state index in [1.54, 1.807) is 12.1 Å². The Kier molecular flexibility index (Phi) is 3.22. The van der Waals surface area contributed by atoms with Gasteiger partial charge in [0.15, 0.2) is 0 Å². The number of rotatable bonds is 1. The van der Waals surface area contributed by atoms with Gasteiger partial charge in [0.1, 0.15) is 11.9 Å². The molecule has 3 unspecified atom stereocenters. The van der Waals surface area contributed by atoms with Crippen molar-refractivity contribution in [2.75, 3.05) is 0 Å². The molecule has 0 saturated carbocycles. The van der Waals surface area contributed by atoms with E-state index in [0.29, 0.717) is 17.5 Å². The van der Waals surface area contributed by atoms with Crippen molar-refractivity contribution in [1.82, 2.24) is 0 Å². The Hall–Kier alpha value is -0.770. The molecule has 2 aliphatic heterocycles. The van der Waals surface area contributed by atoms with Crippen LogP contribution in [-0.2, 0) is 4.74 Å². The summed E-state index contributed by atoms with van der Waals surface area (Å²) < 4.78 is 11.8. The van der Waals surface area contributed by atoms with E-state index >= 15 is 0 Å². The Morgan fingerprint density at radius 3 is 2.83 bits per heavy atom. The van der Waals surface area contributed by atoms with Crippen LogP contribution in [0.25, 0.3) is 0 Å². The van der Waals surface area contributed by atoms with E-state index < -0.39 is 6.10 Å². The predicted octanol–water partition coefficient (Wildman–Crippen LogP) is 3.09. The van der Waals surface area contributed by atoms with Gasteiger partial charge >= 0.3 is 0 Å². The summed E-state index contributed by atoms with van der Waals surface area (Å²) >= 11 is 5.93. The van der Waals surface area contributed by atoms with Crippen molar-refractivity contribution in [2.24, 2.45) is 0 Å². The average Bonchev–Trinajstić information content (AvgIpc) is 2.77. The van der Waals surface area contributed by atoms with Gasteiger partial charge in [-0.05, 0) is 38.0 Å². The molecule has 0 aromatic heterocycles. The molecule has 3 nitrogen and oxygen atoms in total. The number of ether oxygens (including phenoxy) is 2. The van der Waals surface area contributed by atoms with Crippen LogP contribution in [0, 0.1) is 0 Å². The molecule has 1 fully saturated rings. The second kappa shape index (κ2) is 4.72. The fourth-order valence-corrected chi connectivity index (χ4v) is 2.96. The third-order valence-corrected chi connectivity index (χ3v) is 3.98. The maximum absolute atomic E-state index is 10.2. The lowest BCUT2D eigenvalue weighted by Gasteiger charge is -2.32. The van der Waals surface area contributed by atoms with Crippen LogP contribution < -0.4 is 4.74 Å². The van der Waals surface area contributed by atoms with Crippen LogP contribution in [0.4, 0.5) is 0 Å². The van der Waals surface area contributed by atoms with Gasteiger partial charge in [0, 0.05) is 17.0 Å². The van der Waals surface area contributed by atoms with E-state index in [-0.39, 0.29) is 12.2 Å². The highest BCUT2D eigenvalue weighted by atomic mass is 35.5. The number of fused-ring (bicyclic) bond motifs is 1. The molecular weight excluding hydrogens is 252 g/mol. The monoisotopic (exact) mass is 268 g/mol. The Balaban J connectivity index is 1.81. The van der Waals surface area contributed by atoms with Crippen molar-refractivity contribution in [3.63, 3.8) is 0 Å². The zero-order valence-corrected chi connectivity index (χ0v) is 11.1. The minimum absolute atomic E-state index is 0.0568. The van der Waals surface area contributed by atoms with Crippen LogP contribution in [-0.4, -0.2) is 23.4 Å². The molecular formula is C14H17ClO3. The van der Waals surface area contributed by atoms with Crippen LogP contribution in [0.2, 0.25) is 5.02 Å². The van der Waals surface area contributed by atoms with E-state index in [1.807, 2.05) is 6.07 Å². The molecule has 4 heteroatoms. The SMILES string of the molecule is CC1CCC(C2C[C@@H](O)c3cc(Cl)ccc3O2)O1. The van der Waals surface area contributed by atoms with Gasteiger partial charge in [-0.3, -0.25) is 0 Å². The molecule has 1 saturated heterocycles. The first-order valence-electron chi connectivity index (χ1n) is 6.43. The van der Waals surface area contributed by atoms with E-state index in [9.17, 15) is 5.11 Å². The van der Waals surface area contributed by atoms with Crippen molar-refractivity contribution in [3.8, 4) is 5.75 Å². The molecule has 1 aromatic carbocycles. The first-order chi connectivity index (χ1) is 8.63. The molecule has 1 aromatic rings. The van der Waals surface area contributed by atoms with Crippen molar-refractivity contribution in [1.29, 1.82) is 0 Å². The minimum atomic E-state index is -0.517. The number of halogens is 1. The van der Waals surface area contributed by atoms with Gasteiger partial charge in [0.25, 0.3) is 0 Å². The van der Waals surface area contributed by atoms with E-state index in [0.717, 1.165) is 24.2 Å². The fourth-order valence-electron chi connectivity index (χ4n) is 2.78. The summed E-state index contributed by atoms with van der Waals surface area (Å²) in [4.78, 5) is 0. The van der Waals surface area contributed by atoms with Gasteiger partial charge in [-0.2, -0.15) is 0 Å². The summed E-state index contributed by atoms with van der Waals surface area (Å²) in [7, 11) is 0. The highest BCUT2D eigenvalue weighted by Gasteiger charge is 2.36. The van der Waals surface area contributed by atoms with Crippen LogP contribution in [0.15, 0.2) is 18.2 Å². The summed E-state index contributed by atoms with van der Waals surface area (Å²) in [5.74, 6) is 0.728. The largest absolute Gasteiger partial charge is 0.487 e. The van der Waals surface area contributed by atoms with Gasteiger partial charge in [0.05, 0.1) is 18.3 Å². The van der Waals surface area contributed by atoms with Gasteiger partial charge in [0.2, 0.25) is 0 Å². The summed E-state index contributed by atoms with van der Waals surface area (Å²) in [6.45, 7) is 2.08. The first kappa shape index (κ1) is 12.3. The maximum atomic E-state index is 10.2. The quantitative estimate of drug-likeness (QED) is 0.851. The van der Waals surface area contributed by atoms with Crippen molar-refractivity contribution in [2.45, 2.75) is 50.6 Å². The lowest BCUT2D eigenvalue weighted by Crippen LogP contribution is -2.36. The number of benzene rings is 1. The van der Waals surface area contributed by atoms with E-state index in [2.05, 4.69) is 6.92 Å². The Labute approximate surface area is 112 Å². The highest BCUT2D eigenvalue weighted by molar-refractivity contribution is 6.30. The van der Waals surface area contributed by atoms with E-state index in [4.69, 9.17) is 21.1 Å². The Morgan fingerprint density at radius 1 is 1.28 bits per heavy atom. The second-order valence-corrected chi connectivity index (χ2v) is 5.59. The lowest BCUT2D eigenvalue weighted by molar-refractivity contribution is -0.0465. The molecule has 1 N–H and O–H groups in total. The zero-order chi connectivity index (χ0) is 12.7. The molecule has 2 aliphatic rings. The van der Waals surface area contributed by atoms with Gasteiger partial charge in [-0.25, -0.2) is 0 Å². The Morgan fingerprint density at radius 2 is 2.11 bits per heavy atom. The van der Waals surface area contributed by atoms with Crippen LogP contribution in [0.3, 0.4) is 0 Å². The molecule has 3 rings (SSSR count). The van der Waals surface area contributed by atoms with Gasteiger partial charge in [-0.1, -0.05) is 11.6 Å². The number of hydrogen-bond acceptors (Lipinski definition) is 3. The third kappa shape index (κ3) is 2.22. The highest BCUT2D eigenvalue weighted by Crippen LogP contribution is 2.39. The first-order valence-corrected chi connectivity index (χ1v) is 6.81. The zero-order valence-electron chi connectivity index (χ0n) is 10.3. The standard InChI is InChI=1S/C14H17ClO3/c1-8-2-4-13(17-8)14-7-11(16)10-6-9(15)3-5-12(10)18-14/h3,5-6,8,11,13-14,16H,2,4,7H2,1H3/t8?,11-,13?,14?/m1/s1. The lowest BCUT2D eigenvalue weighted by atomic mass is 9.95. The van der Waals surface area contributed by atoms with Crippen LogP contribution >= 0.6 is 11.6 Å². The minimum Gasteiger partial charge on any atom is -0.487 e.